The number of hydrogen-bond donors (Lipinski definition) is 0. The van der Waals surface area contributed by atoms with E-state index in [1.807, 2.05) is 72.8 Å². The van der Waals surface area contributed by atoms with Crippen molar-refractivity contribution in [1.82, 2.24) is 19.9 Å². The van der Waals surface area contributed by atoms with E-state index in [4.69, 9.17) is 23.8 Å². The Morgan fingerprint density at radius 2 is 0.896 bits per heavy atom. The Bertz CT molecular complexity index is 2850. The lowest BCUT2D eigenvalue weighted by molar-refractivity contribution is 0.667. The quantitative estimate of drug-likeness (QED) is 0.196. The van der Waals surface area contributed by atoms with Crippen LogP contribution in [0.2, 0.25) is 0 Å². The lowest BCUT2D eigenvalue weighted by Gasteiger charge is -2.13. The molecule has 0 atom stereocenters. The molecule has 0 saturated heterocycles. The fraction of sp³-hybridized carbons (Fsp3) is 0. The molecule has 4 heterocycles. The first-order valence-corrected chi connectivity index (χ1v) is 15.8. The van der Waals surface area contributed by atoms with Crippen molar-refractivity contribution in [2.75, 3.05) is 0 Å². The summed E-state index contributed by atoms with van der Waals surface area (Å²) in [6, 6.07) is 45.3. The highest BCUT2D eigenvalue weighted by molar-refractivity contribution is 6.16. The van der Waals surface area contributed by atoms with Gasteiger partial charge in [-0.15, -0.1) is 0 Å². The summed E-state index contributed by atoms with van der Waals surface area (Å²) >= 11 is 0. The predicted octanol–water partition coefficient (Wildman–Crippen LogP) is 10.9. The number of nitrogens with zero attached hydrogens (tertiary/aromatic N) is 4. The number of furan rings is 2. The maximum atomic E-state index is 6.24. The molecule has 6 heteroatoms. The number of hydrogen-bond acceptors (Lipinski definition) is 6. The maximum Gasteiger partial charge on any atom is 0.164 e. The Balaban J connectivity index is 1.23. The van der Waals surface area contributed by atoms with Crippen LogP contribution in [-0.4, -0.2) is 19.9 Å². The van der Waals surface area contributed by atoms with E-state index < -0.39 is 0 Å². The van der Waals surface area contributed by atoms with Gasteiger partial charge in [0.2, 0.25) is 0 Å². The topological polar surface area (TPSA) is 77.8 Å². The molecule has 0 saturated carbocycles. The fourth-order valence-corrected chi connectivity index (χ4v) is 6.94. The minimum atomic E-state index is 0.576. The molecule has 0 unspecified atom stereocenters. The van der Waals surface area contributed by atoms with Crippen molar-refractivity contribution < 1.29 is 8.83 Å². The third-order valence-electron chi connectivity index (χ3n) is 9.06. The van der Waals surface area contributed by atoms with Crippen molar-refractivity contribution in [2.24, 2.45) is 0 Å². The fourth-order valence-electron chi connectivity index (χ4n) is 6.94. The summed E-state index contributed by atoms with van der Waals surface area (Å²) in [5.74, 6) is 1.77. The molecule has 0 amide bonds. The van der Waals surface area contributed by atoms with Crippen molar-refractivity contribution in [3.8, 4) is 45.3 Å². The maximum absolute atomic E-state index is 6.24. The van der Waals surface area contributed by atoms with E-state index in [1.165, 1.54) is 0 Å². The molecule has 0 aliphatic heterocycles. The predicted molar refractivity (Wildman–Crippen MR) is 191 cm³/mol. The lowest BCUT2D eigenvalue weighted by Crippen LogP contribution is -2.01. The van der Waals surface area contributed by atoms with Gasteiger partial charge >= 0.3 is 0 Å². The minimum Gasteiger partial charge on any atom is -0.456 e. The molecule has 6 aromatic carbocycles. The van der Waals surface area contributed by atoms with E-state index in [0.717, 1.165) is 82.5 Å². The highest BCUT2D eigenvalue weighted by Gasteiger charge is 2.20. The van der Waals surface area contributed by atoms with E-state index in [2.05, 4.69) is 65.6 Å². The van der Waals surface area contributed by atoms with E-state index in [1.54, 1.807) is 12.4 Å². The minimum absolute atomic E-state index is 0.576. The smallest absolute Gasteiger partial charge is 0.164 e. The van der Waals surface area contributed by atoms with E-state index >= 15 is 0 Å². The van der Waals surface area contributed by atoms with Gasteiger partial charge in [0.1, 0.15) is 16.7 Å². The molecular weight excluding hydrogens is 592 g/mol. The van der Waals surface area contributed by atoms with Crippen LogP contribution in [0.5, 0.6) is 0 Å². The van der Waals surface area contributed by atoms with Crippen LogP contribution >= 0.6 is 0 Å². The molecule has 0 radical (unpaired) electrons. The molecule has 4 aromatic heterocycles. The van der Waals surface area contributed by atoms with Crippen LogP contribution in [0, 0.1) is 0 Å². The number of para-hydroxylation sites is 1. The zero-order valence-electron chi connectivity index (χ0n) is 25.5. The molecule has 0 fully saturated rings. The Labute approximate surface area is 274 Å². The molecule has 10 rings (SSSR count). The van der Waals surface area contributed by atoms with Crippen molar-refractivity contribution in [3.63, 3.8) is 0 Å². The normalized spacial score (nSPS) is 11.8. The van der Waals surface area contributed by atoms with Crippen LogP contribution in [-0.2, 0) is 0 Å². The first kappa shape index (κ1) is 26.5. The van der Waals surface area contributed by atoms with Crippen LogP contribution in [0.3, 0.4) is 0 Å². The van der Waals surface area contributed by atoms with Crippen molar-refractivity contribution >= 4 is 54.6 Å². The summed E-state index contributed by atoms with van der Waals surface area (Å²) in [6.45, 7) is 0. The Hall–Kier alpha value is -6.66. The SMILES string of the molecule is c1ccc(-c2nc(-c3cccc4c(-c5cccc6oc7ccccc7c56)cccc34)nc(-c3cccc4oc5cnccc5c34)n2)cc1. The Morgan fingerprint density at radius 3 is 1.73 bits per heavy atom. The summed E-state index contributed by atoms with van der Waals surface area (Å²) in [5.41, 5.74) is 8.17. The molecule has 0 N–H and O–H groups in total. The number of aromatic nitrogens is 4. The second-order valence-electron chi connectivity index (χ2n) is 11.8. The third-order valence-corrected chi connectivity index (χ3v) is 9.06. The van der Waals surface area contributed by atoms with Gasteiger partial charge in [-0.1, -0.05) is 109 Å². The average molecular weight is 617 g/mol. The lowest BCUT2D eigenvalue weighted by atomic mass is 9.93. The van der Waals surface area contributed by atoms with Gasteiger partial charge in [0.15, 0.2) is 23.1 Å². The molecule has 0 aliphatic rings. The summed E-state index contributed by atoms with van der Waals surface area (Å²) in [5, 5.41) is 6.28. The second kappa shape index (κ2) is 10.4. The third kappa shape index (κ3) is 4.06. The van der Waals surface area contributed by atoms with E-state index in [-0.39, 0.29) is 0 Å². The van der Waals surface area contributed by atoms with Crippen LogP contribution in [0.1, 0.15) is 0 Å². The number of benzene rings is 6. The Kier molecular flexibility index (Phi) is 5.77. The Morgan fingerprint density at radius 1 is 0.354 bits per heavy atom. The molecule has 6 nitrogen and oxygen atoms in total. The number of pyridine rings is 1. The van der Waals surface area contributed by atoms with E-state index in [0.29, 0.717) is 17.5 Å². The monoisotopic (exact) mass is 616 g/mol. The van der Waals surface area contributed by atoms with Gasteiger partial charge in [-0.2, -0.15) is 0 Å². The standard InChI is InChI=1S/C42H24N4O2/c1-2-10-25(11-3-1)40-44-41(46-42(45-40)33-18-9-21-36-39(33)32-22-23-43-24-37(32)48-36)30-17-7-13-26-27(14-6-15-28(26)30)29-16-8-20-35-38(29)31-12-4-5-19-34(31)47-35/h1-24H. The van der Waals surface area contributed by atoms with Gasteiger partial charge < -0.3 is 8.83 Å². The zero-order valence-corrected chi connectivity index (χ0v) is 25.5. The van der Waals surface area contributed by atoms with Gasteiger partial charge in [0.25, 0.3) is 0 Å². The number of rotatable bonds is 4. The largest absolute Gasteiger partial charge is 0.456 e. The van der Waals surface area contributed by atoms with E-state index in [9.17, 15) is 0 Å². The van der Waals surface area contributed by atoms with Gasteiger partial charge in [0, 0.05) is 44.4 Å². The van der Waals surface area contributed by atoms with Crippen LogP contribution in [0.15, 0.2) is 155 Å². The van der Waals surface area contributed by atoms with Crippen molar-refractivity contribution in [1.29, 1.82) is 0 Å². The van der Waals surface area contributed by atoms with Crippen LogP contribution in [0.4, 0.5) is 0 Å². The summed E-state index contributed by atoms with van der Waals surface area (Å²) < 4.78 is 12.4. The number of fused-ring (bicyclic) bond motifs is 7. The zero-order chi connectivity index (χ0) is 31.6. The summed E-state index contributed by atoms with van der Waals surface area (Å²) in [6.07, 6.45) is 3.52. The first-order valence-electron chi connectivity index (χ1n) is 15.8. The van der Waals surface area contributed by atoms with Gasteiger partial charge in [0.05, 0.1) is 6.20 Å². The second-order valence-corrected chi connectivity index (χ2v) is 11.8. The highest BCUT2D eigenvalue weighted by Crippen LogP contribution is 2.41. The molecule has 224 valence electrons. The van der Waals surface area contributed by atoms with Gasteiger partial charge in [-0.25, -0.2) is 15.0 Å². The summed E-state index contributed by atoms with van der Waals surface area (Å²) in [4.78, 5) is 19.6. The molecular formula is C42H24N4O2. The van der Waals surface area contributed by atoms with Crippen LogP contribution in [0.25, 0.3) is 99.9 Å². The molecule has 0 spiro atoms. The van der Waals surface area contributed by atoms with Crippen molar-refractivity contribution in [2.45, 2.75) is 0 Å². The molecule has 10 aromatic rings. The molecule has 0 aliphatic carbocycles. The van der Waals surface area contributed by atoms with Gasteiger partial charge in [-0.05, 0) is 46.2 Å². The van der Waals surface area contributed by atoms with Gasteiger partial charge in [-0.3, -0.25) is 4.98 Å². The molecule has 0 bridgehead atoms. The van der Waals surface area contributed by atoms with Crippen molar-refractivity contribution in [3.05, 3.63) is 146 Å². The molecule has 48 heavy (non-hydrogen) atoms. The highest BCUT2D eigenvalue weighted by atomic mass is 16.3. The van der Waals surface area contributed by atoms with Crippen LogP contribution < -0.4 is 0 Å². The first-order chi connectivity index (χ1) is 23.8. The average Bonchev–Trinajstić information content (AvgIpc) is 3.73. The summed E-state index contributed by atoms with van der Waals surface area (Å²) in [7, 11) is 0.